The van der Waals surface area contributed by atoms with Gasteiger partial charge in [0.25, 0.3) is 5.91 Å². The van der Waals surface area contributed by atoms with E-state index in [-0.39, 0.29) is 17.1 Å². The summed E-state index contributed by atoms with van der Waals surface area (Å²) in [5.74, 6) is -0.0320. The summed E-state index contributed by atoms with van der Waals surface area (Å²) in [7, 11) is 0. The van der Waals surface area contributed by atoms with Gasteiger partial charge in [0.05, 0.1) is 16.9 Å². The first kappa shape index (κ1) is 18.0. The number of hydrogen-bond donors (Lipinski definition) is 2. The molecule has 2 atom stereocenters. The number of anilines is 1. The van der Waals surface area contributed by atoms with Gasteiger partial charge in [0.1, 0.15) is 22.8 Å². The number of rotatable bonds is 3. The van der Waals surface area contributed by atoms with Crippen LogP contribution in [-0.4, -0.2) is 22.3 Å². The van der Waals surface area contributed by atoms with Gasteiger partial charge in [0, 0.05) is 6.07 Å². The summed E-state index contributed by atoms with van der Waals surface area (Å²) >= 11 is 0. The largest absolute Gasteiger partial charge is 0.508 e. The summed E-state index contributed by atoms with van der Waals surface area (Å²) in [6, 6.07) is 14.8. The van der Waals surface area contributed by atoms with E-state index < -0.39 is 23.6 Å². The number of aromatic nitrogens is 1. The molecule has 2 N–H and O–H groups in total. The molecule has 150 valence electrons. The molecule has 0 radical (unpaired) electrons. The number of aryl methyl sites for hydroxylation is 1. The number of amides is 1. The van der Waals surface area contributed by atoms with Crippen molar-refractivity contribution in [2.75, 3.05) is 5.32 Å². The molecule has 1 amide bonds. The van der Waals surface area contributed by atoms with E-state index in [0.717, 1.165) is 0 Å². The number of nitrogens with zero attached hydrogens (tertiary/aromatic N) is 1. The maximum atomic E-state index is 13.1. The summed E-state index contributed by atoms with van der Waals surface area (Å²) in [6.07, 6.45) is -1.05. The molecule has 5 rings (SSSR count). The van der Waals surface area contributed by atoms with Gasteiger partial charge in [-0.05, 0) is 36.8 Å². The molecule has 0 spiro atoms. The highest BCUT2D eigenvalue weighted by molar-refractivity contribution is 5.97. The van der Waals surface area contributed by atoms with Crippen LogP contribution in [0.2, 0.25) is 0 Å². The van der Waals surface area contributed by atoms with Crippen molar-refractivity contribution >= 4 is 22.7 Å². The zero-order valence-corrected chi connectivity index (χ0v) is 15.8. The number of phenolic OH excluding ortho intramolecular Hbond substituents is 1. The number of ether oxygens (including phenoxy) is 1. The van der Waals surface area contributed by atoms with Gasteiger partial charge >= 0.3 is 5.63 Å². The van der Waals surface area contributed by atoms with E-state index >= 15 is 0 Å². The van der Waals surface area contributed by atoms with Gasteiger partial charge in [-0.3, -0.25) is 4.79 Å². The smallest absolute Gasteiger partial charge is 0.344 e. The van der Waals surface area contributed by atoms with E-state index in [1.165, 1.54) is 12.1 Å². The van der Waals surface area contributed by atoms with Gasteiger partial charge in [0.15, 0.2) is 11.9 Å². The van der Waals surface area contributed by atoms with Crippen LogP contribution in [0.5, 0.6) is 11.5 Å². The van der Waals surface area contributed by atoms with Crippen LogP contribution in [-0.2, 0) is 4.79 Å². The highest BCUT2D eigenvalue weighted by Crippen LogP contribution is 2.44. The third-order valence-corrected chi connectivity index (χ3v) is 5.05. The molecule has 0 aliphatic carbocycles. The highest BCUT2D eigenvalue weighted by Gasteiger charge is 2.44. The first-order chi connectivity index (χ1) is 14.5. The summed E-state index contributed by atoms with van der Waals surface area (Å²) in [5.41, 5.74) is 0.690. The third kappa shape index (κ3) is 2.89. The Bertz CT molecular complexity index is 1320. The Morgan fingerprint density at radius 2 is 1.90 bits per heavy atom. The normalized spacial score (nSPS) is 17.5. The molecule has 0 saturated carbocycles. The molecule has 2 aromatic carbocycles. The van der Waals surface area contributed by atoms with Crippen molar-refractivity contribution in [2.24, 2.45) is 0 Å². The number of aromatic hydroxyl groups is 1. The standard InChI is InChI=1S/C22H16N2O6/c1-11-10-16(24-30-11)23-21(26)20-17(12-6-8-13(25)9-7-12)18-19(29-20)14-4-2-3-5-15(14)28-22(18)27/h2-10,17,20,25H,1H3,(H,23,24,26)/t17-,20+/m0/s1. The fourth-order valence-electron chi connectivity index (χ4n) is 3.73. The zero-order chi connectivity index (χ0) is 20.8. The first-order valence-electron chi connectivity index (χ1n) is 9.27. The minimum absolute atomic E-state index is 0.0718. The van der Waals surface area contributed by atoms with Crippen molar-refractivity contribution in [1.82, 2.24) is 5.16 Å². The van der Waals surface area contributed by atoms with Crippen LogP contribution >= 0.6 is 0 Å². The molecule has 8 heteroatoms. The Balaban J connectivity index is 1.64. The van der Waals surface area contributed by atoms with Crippen molar-refractivity contribution in [3.8, 4) is 11.5 Å². The summed E-state index contributed by atoms with van der Waals surface area (Å²) < 4.78 is 16.5. The molecule has 2 aromatic heterocycles. The molecule has 3 heterocycles. The van der Waals surface area contributed by atoms with E-state index in [9.17, 15) is 14.7 Å². The second-order valence-electron chi connectivity index (χ2n) is 7.05. The Hall–Kier alpha value is -4.07. The predicted octanol–water partition coefficient (Wildman–Crippen LogP) is 3.33. The first-order valence-corrected chi connectivity index (χ1v) is 9.27. The number of carbonyl (C=O) groups is 1. The third-order valence-electron chi connectivity index (χ3n) is 5.05. The lowest BCUT2D eigenvalue weighted by Crippen LogP contribution is -2.35. The van der Waals surface area contributed by atoms with Gasteiger partial charge in [-0.1, -0.05) is 29.4 Å². The van der Waals surface area contributed by atoms with E-state index in [1.54, 1.807) is 49.4 Å². The van der Waals surface area contributed by atoms with Crippen molar-refractivity contribution < 1.29 is 23.6 Å². The van der Waals surface area contributed by atoms with Crippen molar-refractivity contribution in [3.05, 3.63) is 81.9 Å². The number of para-hydroxylation sites is 1. The molecule has 0 bridgehead atoms. The van der Waals surface area contributed by atoms with E-state index in [1.807, 2.05) is 0 Å². The van der Waals surface area contributed by atoms with Crippen LogP contribution in [0.3, 0.4) is 0 Å². The number of benzene rings is 2. The summed E-state index contributed by atoms with van der Waals surface area (Å²) in [4.78, 5) is 25.9. The van der Waals surface area contributed by atoms with Gasteiger partial charge in [-0.2, -0.15) is 0 Å². The van der Waals surface area contributed by atoms with E-state index in [0.29, 0.717) is 28.0 Å². The topological polar surface area (TPSA) is 115 Å². The molecule has 4 aromatic rings. The van der Waals surface area contributed by atoms with Crippen LogP contribution in [0.25, 0.3) is 11.0 Å². The monoisotopic (exact) mass is 404 g/mol. The second kappa shape index (κ2) is 6.77. The quantitative estimate of drug-likeness (QED) is 0.503. The van der Waals surface area contributed by atoms with Crippen molar-refractivity contribution in [1.29, 1.82) is 0 Å². The number of carbonyl (C=O) groups excluding carboxylic acids is 1. The number of hydrogen-bond acceptors (Lipinski definition) is 7. The fraction of sp³-hybridized carbons (Fsp3) is 0.136. The maximum absolute atomic E-state index is 13.1. The van der Waals surface area contributed by atoms with Crippen molar-refractivity contribution in [3.63, 3.8) is 0 Å². The van der Waals surface area contributed by atoms with E-state index in [4.69, 9.17) is 13.7 Å². The van der Waals surface area contributed by atoms with Crippen LogP contribution in [0.15, 0.2) is 68.3 Å². The van der Waals surface area contributed by atoms with Crippen LogP contribution in [0.4, 0.5) is 5.82 Å². The highest BCUT2D eigenvalue weighted by atomic mass is 16.5. The second-order valence-corrected chi connectivity index (χ2v) is 7.05. The number of fused-ring (bicyclic) bond motifs is 3. The molecule has 30 heavy (non-hydrogen) atoms. The van der Waals surface area contributed by atoms with Crippen LogP contribution in [0, 0.1) is 6.92 Å². The average Bonchev–Trinajstić information content (AvgIpc) is 3.33. The Morgan fingerprint density at radius 1 is 1.13 bits per heavy atom. The lowest BCUT2D eigenvalue weighted by Gasteiger charge is -2.18. The van der Waals surface area contributed by atoms with Gasteiger partial charge in [-0.15, -0.1) is 0 Å². The number of phenols is 1. The molecule has 1 aliphatic rings. The summed E-state index contributed by atoms with van der Waals surface area (Å²) in [6.45, 7) is 1.71. The Morgan fingerprint density at radius 3 is 2.63 bits per heavy atom. The van der Waals surface area contributed by atoms with Crippen LogP contribution in [0.1, 0.15) is 22.8 Å². The van der Waals surface area contributed by atoms with E-state index in [2.05, 4.69) is 10.5 Å². The lowest BCUT2D eigenvalue weighted by atomic mass is 9.88. The molecule has 0 fully saturated rings. The molecule has 8 nitrogen and oxygen atoms in total. The zero-order valence-electron chi connectivity index (χ0n) is 15.8. The molecule has 0 unspecified atom stereocenters. The summed E-state index contributed by atoms with van der Waals surface area (Å²) in [5, 5.41) is 16.7. The van der Waals surface area contributed by atoms with Gasteiger partial charge < -0.3 is 24.1 Å². The molecule has 0 saturated heterocycles. The SMILES string of the molecule is Cc1cc(NC(=O)[C@@H]2Oc3c(c(=O)oc4ccccc34)[C@@H]2c2ccc(O)cc2)no1. The molecule has 1 aliphatic heterocycles. The van der Waals surface area contributed by atoms with Crippen LogP contribution < -0.4 is 15.7 Å². The Labute approximate surface area is 169 Å². The van der Waals surface area contributed by atoms with Crippen molar-refractivity contribution in [2.45, 2.75) is 18.9 Å². The number of nitrogens with one attached hydrogen (secondary N) is 1. The molecular formula is C22H16N2O6. The predicted molar refractivity (Wildman–Crippen MR) is 107 cm³/mol. The Kier molecular flexibility index (Phi) is 4.06. The van der Waals surface area contributed by atoms with Gasteiger partial charge in [0.2, 0.25) is 0 Å². The van der Waals surface area contributed by atoms with Gasteiger partial charge in [-0.25, -0.2) is 4.79 Å². The fourth-order valence-corrected chi connectivity index (χ4v) is 3.73. The molecular weight excluding hydrogens is 388 g/mol. The average molecular weight is 404 g/mol. The minimum atomic E-state index is -1.05. The maximum Gasteiger partial charge on any atom is 0.344 e. The minimum Gasteiger partial charge on any atom is -0.508 e. The lowest BCUT2D eigenvalue weighted by molar-refractivity contribution is -0.122.